The largest absolute Gasteiger partial charge is 0.352 e. The highest BCUT2D eigenvalue weighted by Gasteiger charge is 2.21. The Bertz CT molecular complexity index is 1290. The van der Waals surface area contributed by atoms with Crippen molar-refractivity contribution < 1.29 is 4.79 Å². The quantitative estimate of drug-likeness (QED) is 0.303. The highest BCUT2D eigenvalue weighted by molar-refractivity contribution is 7.13. The summed E-state index contributed by atoms with van der Waals surface area (Å²) in [6.45, 7) is 3.39. The van der Waals surface area contributed by atoms with Crippen molar-refractivity contribution in [3.05, 3.63) is 75.3 Å². The predicted octanol–water partition coefficient (Wildman–Crippen LogP) is 6.11. The first-order chi connectivity index (χ1) is 16.7. The SMILES string of the molecule is Cc1c(C(=O)NCCC2=CCCCC2)cc(-c2csc(-c3cnccn3)n2)n1Cc1cccs1. The zero-order valence-corrected chi connectivity index (χ0v) is 20.8. The fraction of sp³-hybridized carbons (Fsp3) is 0.308. The lowest BCUT2D eigenvalue weighted by molar-refractivity contribution is 0.0953. The van der Waals surface area contributed by atoms with Crippen LogP contribution in [0.25, 0.3) is 22.1 Å². The normalized spacial score (nSPS) is 13.6. The lowest BCUT2D eigenvalue weighted by Crippen LogP contribution is -2.25. The van der Waals surface area contributed by atoms with Crippen molar-refractivity contribution >= 4 is 28.6 Å². The molecule has 5 rings (SSSR count). The molecule has 8 heteroatoms. The van der Waals surface area contributed by atoms with Crippen molar-refractivity contribution in [3.8, 4) is 22.1 Å². The summed E-state index contributed by atoms with van der Waals surface area (Å²) < 4.78 is 2.19. The Morgan fingerprint density at radius 1 is 1.21 bits per heavy atom. The van der Waals surface area contributed by atoms with E-state index in [1.807, 2.05) is 18.4 Å². The number of carbonyl (C=O) groups excluding carboxylic acids is 1. The minimum absolute atomic E-state index is 0.0236. The van der Waals surface area contributed by atoms with Crippen LogP contribution in [0.1, 0.15) is 53.0 Å². The van der Waals surface area contributed by atoms with Gasteiger partial charge in [0, 0.05) is 34.9 Å². The van der Waals surface area contributed by atoms with E-state index in [-0.39, 0.29) is 5.91 Å². The summed E-state index contributed by atoms with van der Waals surface area (Å²) in [7, 11) is 0. The molecule has 0 aliphatic heterocycles. The lowest BCUT2D eigenvalue weighted by atomic mass is 9.97. The molecule has 34 heavy (non-hydrogen) atoms. The molecule has 174 valence electrons. The number of thiophene rings is 1. The molecule has 1 amide bonds. The van der Waals surface area contributed by atoms with E-state index in [1.54, 1.807) is 29.9 Å². The van der Waals surface area contributed by atoms with Gasteiger partial charge < -0.3 is 9.88 Å². The highest BCUT2D eigenvalue weighted by atomic mass is 32.1. The molecule has 0 saturated heterocycles. The van der Waals surface area contributed by atoms with Gasteiger partial charge in [-0.3, -0.25) is 14.8 Å². The van der Waals surface area contributed by atoms with E-state index in [1.165, 1.54) is 41.0 Å². The Hall–Kier alpha value is -3.10. The van der Waals surface area contributed by atoms with E-state index in [0.717, 1.165) is 40.6 Å². The molecule has 0 aromatic carbocycles. The summed E-state index contributed by atoms with van der Waals surface area (Å²) in [6.07, 6.45) is 13.2. The van der Waals surface area contributed by atoms with E-state index in [0.29, 0.717) is 18.7 Å². The first-order valence-corrected chi connectivity index (χ1v) is 13.4. The summed E-state index contributed by atoms with van der Waals surface area (Å²) in [5, 5.41) is 8.07. The van der Waals surface area contributed by atoms with Crippen molar-refractivity contribution in [2.24, 2.45) is 0 Å². The Morgan fingerprint density at radius 2 is 2.15 bits per heavy atom. The van der Waals surface area contributed by atoms with Crippen molar-refractivity contribution in [3.63, 3.8) is 0 Å². The Labute approximate surface area is 207 Å². The van der Waals surface area contributed by atoms with Crippen molar-refractivity contribution in [1.29, 1.82) is 0 Å². The average Bonchev–Trinajstić information content (AvgIpc) is 3.62. The van der Waals surface area contributed by atoms with Crippen LogP contribution < -0.4 is 5.32 Å². The summed E-state index contributed by atoms with van der Waals surface area (Å²) in [4.78, 5) is 27.8. The van der Waals surface area contributed by atoms with Gasteiger partial charge >= 0.3 is 0 Å². The second-order valence-corrected chi connectivity index (χ2v) is 10.3. The van der Waals surface area contributed by atoms with E-state index >= 15 is 0 Å². The maximum Gasteiger partial charge on any atom is 0.253 e. The van der Waals surface area contributed by atoms with E-state index in [4.69, 9.17) is 4.98 Å². The number of hydrogen-bond donors (Lipinski definition) is 1. The number of nitrogens with one attached hydrogen (secondary N) is 1. The first kappa shape index (κ1) is 22.7. The molecule has 0 radical (unpaired) electrons. The molecule has 0 bridgehead atoms. The second-order valence-electron chi connectivity index (χ2n) is 8.44. The smallest absolute Gasteiger partial charge is 0.253 e. The number of nitrogens with zero attached hydrogens (tertiary/aromatic N) is 4. The van der Waals surface area contributed by atoms with Crippen LogP contribution in [0.5, 0.6) is 0 Å². The van der Waals surface area contributed by atoms with Crippen LogP contribution in [-0.2, 0) is 6.54 Å². The lowest BCUT2D eigenvalue weighted by Gasteiger charge is -2.13. The average molecular weight is 490 g/mol. The standard InChI is InChI=1S/C26H27N5OS2/c1-18-21(25(32)29-10-9-19-6-3-2-4-7-19)14-24(31(18)16-20-8-5-13-33-20)23-17-34-26(30-23)22-15-27-11-12-28-22/h5-6,8,11-15,17H,2-4,7,9-10,16H2,1H3,(H,29,32). The zero-order chi connectivity index (χ0) is 23.3. The minimum Gasteiger partial charge on any atom is -0.352 e. The summed E-state index contributed by atoms with van der Waals surface area (Å²) in [6, 6.07) is 6.16. The molecule has 0 spiro atoms. The van der Waals surface area contributed by atoms with Crippen LogP contribution >= 0.6 is 22.7 Å². The van der Waals surface area contributed by atoms with Gasteiger partial charge in [0.25, 0.3) is 5.91 Å². The first-order valence-electron chi connectivity index (χ1n) is 11.6. The van der Waals surface area contributed by atoms with Crippen LogP contribution in [0, 0.1) is 6.92 Å². The molecule has 0 unspecified atom stereocenters. The second kappa shape index (κ2) is 10.4. The van der Waals surface area contributed by atoms with Crippen LogP contribution in [-0.4, -0.2) is 32.0 Å². The summed E-state index contributed by atoms with van der Waals surface area (Å²) in [5.74, 6) is -0.0236. The van der Waals surface area contributed by atoms with Gasteiger partial charge in [-0.15, -0.1) is 22.7 Å². The fourth-order valence-corrected chi connectivity index (χ4v) is 5.80. The molecule has 4 aromatic rings. The number of allylic oxidation sites excluding steroid dienone is 1. The Kier molecular flexibility index (Phi) is 6.97. The van der Waals surface area contributed by atoms with Crippen molar-refractivity contribution in [1.82, 2.24) is 24.8 Å². The number of carbonyl (C=O) groups is 1. The summed E-state index contributed by atoms with van der Waals surface area (Å²) >= 11 is 3.25. The zero-order valence-electron chi connectivity index (χ0n) is 19.2. The highest BCUT2D eigenvalue weighted by Crippen LogP contribution is 2.31. The topological polar surface area (TPSA) is 72.7 Å². The Morgan fingerprint density at radius 3 is 2.91 bits per heavy atom. The third-order valence-electron chi connectivity index (χ3n) is 6.17. The molecule has 4 heterocycles. The Balaban J connectivity index is 1.41. The van der Waals surface area contributed by atoms with E-state index < -0.39 is 0 Å². The third-order valence-corrected chi connectivity index (χ3v) is 7.90. The molecule has 4 aromatic heterocycles. The van der Waals surface area contributed by atoms with Crippen LogP contribution in [0.3, 0.4) is 0 Å². The molecule has 0 saturated carbocycles. The number of aromatic nitrogens is 4. The van der Waals surface area contributed by atoms with Gasteiger partial charge in [0.05, 0.1) is 29.7 Å². The molecule has 1 N–H and O–H groups in total. The van der Waals surface area contributed by atoms with Gasteiger partial charge in [0.15, 0.2) is 0 Å². The summed E-state index contributed by atoms with van der Waals surface area (Å²) in [5.41, 5.74) is 5.67. The number of hydrogen-bond acceptors (Lipinski definition) is 6. The van der Waals surface area contributed by atoms with E-state index in [2.05, 4.69) is 43.4 Å². The van der Waals surface area contributed by atoms with Gasteiger partial charge in [-0.2, -0.15) is 0 Å². The van der Waals surface area contributed by atoms with E-state index in [9.17, 15) is 4.79 Å². The van der Waals surface area contributed by atoms with Gasteiger partial charge in [-0.25, -0.2) is 4.98 Å². The number of thiazole rings is 1. The fourth-order valence-electron chi connectivity index (χ4n) is 4.33. The van der Waals surface area contributed by atoms with Gasteiger partial charge in [-0.1, -0.05) is 17.7 Å². The van der Waals surface area contributed by atoms with Crippen LogP contribution in [0.15, 0.2) is 59.2 Å². The maximum absolute atomic E-state index is 13.2. The van der Waals surface area contributed by atoms with Crippen LogP contribution in [0.2, 0.25) is 0 Å². The van der Waals surface area contributed by atoms with Crippen molar-refractivity contribution in [2.75, 3.05) is 6.54 Å². The minimum atomic E-state index is -0.0236. The monoisotopic (exact) mass is 489 g/mol. The van der Waals surface area contributed by atoms with Crippen LogP contribution in [0.4, 0.5) is 0 Å². The molecule has 6 nitrogen and oxygen atoms in total. The number of rotatable bonds is 8. The molecular weight excluding hydrogens is 462 g/mol. The van der Waals surface area contributed by atoms with Gasteiger partial charge in [-0.05, 0) is 56.5 Å². The molecule has 1 aliphatic carbocycles. The van der Waals surface area contributed by atoms with Gasteiger partial charge in [0.1, 0.15) is 10.7 Å². The molecular formula is C26H27N5OS2. The van der Waals surface area contributed by atoms with Crippen molar-refractivity contribution in [2.45, 2.75) is 45.6 Å². The molecule has 0 atom stereocenters. The molecule has 0 fully saturated rings. The molecule has 1 aliphatic rings. The third kappa shape index (κ3) is 5.03. The predicted molar refractivity (Wildman–Crippen MR) is 138 cm³/mol. The number of amides is 1. The van der Waals surface area contributed by atoms with Gasteiger partial charge in [0.2, 0.25) is 0 Å². The maximum atomic E-state index is 13.2.